The lowest BCUT2D eigenvalue weighted by molar-refractivity contribution is -0.167. The Bertz CT molecular complexity index is 1050. The Morgan fingerprint density at radius 2 is 2.03 bits per heavy atom. The third-order valence-corrected chi connectivity index (χ3v) is 7.96. The van der Waals surface area contributed by atoms with E-state index in [0.717, 1.165) is 12.0 Å². The van der Waals surface area contributed by atoms with Gasteiger partial charge in [-0.15, -0.1) is 11.3 Å². The molecule has 7 nitrogen and oxygen atoms in total. The zero-order valence-corrected chi connectivity index (χ0v) is 19.0. The quantitative estimate of drug-likeness (QED) is 0.686. The maximum atomic E-state index is 13.1. The van der Waals surface area contributed by atoms with Gasteiger partial charge in [0.25, 0.3) is 0 Å². The first kappa shape index (κ1) is 21.5. The summed E-state index contributed by atoms with van der Waals surface area (Å²) in [7, 11) is 1.60. The zero-order valence-electron chi connectivity index (χ0n) is 18.2. The molecule has 1 aliphatic heterocycles. The molecule has 2 bridgehead atoms. The molecule has 1 saturated heterocycles. The molecule has 1 aromatic heterocycles. The number of aromatic nitrogens is 1. The maximum Gasteiger partial charge on any atom is 0.235 e. The highest BCUT2D eigenvalue weighted by Crippen LogP contribution is 2.60. The second-order valence-electron chi connectivity index (χ2n) is 8.98. The third-order valence-electron chi connectivity index (χ3n) is 7.20. The molecule has 4 rings (SSSR count). The topological polar surface area (TPSA) is 88.6 Å². The summed E-state index contributed by atoms with van der Waals surface area (Å²) >= 11 is 1.32. The summed E-state index contributed by atoms with van der Waals surface area (Å²) in [4.78, 5) is 44.2. The van der Waals surface area contributed by atoms with Gasteiger partial charge in [0, 0.05) is 29.8 Å². The number of nitrogens with zero attached hydrogens (tertiary/aromatic N) is 2. The van der Waals surface area contributed by atoms with Gasteiger partial charge in [0.1, 0.15) is 5.75 Å². The Labute approximate surface area is 185 Å². The number of piperidine rings is 1. The van der Waals surface area contributed by atoms with Gasteiger partial charge in [0.05, 0.1) is 18.2 Å². The number of hydrogen-bond donors (Lipinski definition) is 1. The summed E-state index contributed by atoms with van der Waals surface area (Å²) in [6.07, 6.45) is 1.48. The number of likely N-dealkylation sites (tertiary alicyclic amines) is 1. The van der Waals surface area contributed by atoms with Gasteiger partial charge in [0.2, 0.25) is 17.7 Å². The minimum absolute atomic E-state index is 0.0459. The average molecular weight is 442 g/mol. The van der Waals surface area contributed by atoms with E-state index in [0.29, 0.717) is 23.0 Å². The number of thiazole rings is 1. The number of nitrogens with one attached hydrogen (secondary N) is 1. The first-order valence-electron chi connectivity index (χ1n) is 10.4. The van der Waals surface area contributed by atoms with Crippen molar-refractivity contribution in [2.24, 2.45) is 16.7 Å². The largest absolute Gasteiger partial charge is 0.496 e. The maximum absolute atomic E-state index is 13.1. The molecule has 31 heavy (non-hydrogen) atoms. The fourth-order valence-electron chi connectivity index (χ4n) is 4.82. The number of ether oxygens (including phenoxy) is 1. The molecule has 164 valence electrons. The van der Waals surface area contributed by atoms with Crippen molar-refractivity contribution in [2.75, 3.05) is 19.0 Å². The van der Waals surface area contributed by atoms with Crippen molar-refractivity contribution >= 4 is 34.2 Å². The van der Waals surface area contributed by atoms with E-state index < -0.39 is 5.41 Å². The van der Waals surface area contributed by atoms with Crippen molar-refractivity contribution in [1.82, 2.24) is 9.88 Å². The Kier molecular flexibility index (Phi) is 5.37. The molecule has 3 amide bonds. The predicted molar refractivity (Wildman–Crippen MR) is 119 cm³/mol. The minimum atomic E-state index is -0.555. The second kappa shape index (κ2) is 7.75. The number of fused-ring (bicyclic) bond motifs is 2. The smallest absolute Gasteiger partial charge is 0.235 e. The van der Waals surface area contributed by atoms with Crippen LogP contribution in [-0.2, 0) is 14.4 Å². The van der Waals surface area contributed by atoms with Gasteiger partial charge in [-0.1, -0.05) is 32.9 Å². The number of benzene rings is 1. The highest BCUT2D eigenvalue weighted by atomic mass is 32.1. The van der Waals surface area contributed by atoms with Crippen LogP contribution < -0.4 is 10.1 Å². The van der Waals surface area contributed by atoms with Crippen LogP contribution in [0.5, 0.6) is 5.75 Å². The van der Waals surface area contributed by atoms with Gasteiger partial charge in [-0.3, -0.25) is 19.3 Å². The number of carbonyl (C=O) groups excluding carboxylic acids is 3. The number of methoxy groups -OCH3 is 1. The molecule has 2 atom stereocenters. The summed E-state index contributed by atoms with van der Waals surface area (Å²) in [5.74, 6) is -0.0365. The number of hydrogen-bond acceptors (Lipinski definition) is 6. The summed E-state index contributed by atoms with van der Waals surface area (Å²) in [6.45, 7) is 6.05. The molecule has 1 aliphatic carbocycles. The van der Waals surface area contributed by atoms with E-state index >= 15 is 0 Å². The van der Waals surface area contributed by atoms with Crippen molar-refractivity contribution in [2.45, 2.75) is 40.0 Å². The molecule has 1 aromatic carbocycles. The first-order chi connectivity index (χ1) is 14.7. The van der Waals surface area contributed by atoms with E-state index in [1.54, 1.807) is 7.11 Å². The SMILES string of the molecule is COc1ccccc1-c1csc(NC(=O)CCN2C(=O)C3CCC(C)(C2=O)C3(C)C)n1. The Morgan fingerprint density at radius 1 is 1.29 bits per heavy atom. The van der Waals surface area contributed by atoms with Gasteiger partial charge < -0.3 is 10.1 Å². The molecular formula is C23H27N3O4S. The fraction of sp³-hybridized carbons (Fsp3) is 0.478. The predicted octanol–water partition coefficient (Wildman–Crippen LogP) is 3.96. The normalized spacial score (nSPS) is 24.4. The molecule has 2 heterocycles. The monoisotopic (exact) mass is 441 g/mol. The Balaban J connectivity index is 1.40. The molecule has 2 aliphatic rings. The summed E-state index contributed by atoms with van der Waals surface area (Å²) in [6, 6.07) is 7.54. The highest BCUT2D eigenvalue weighted by molar-refractivity contribution is 7.14. The van der Waals surface area contributed by atoms with Crippen molar-refractivity contribution < 1.29 is 19.1 Å². The molecule has 1 N–H and O–H groups in total. The lowest BCUT2D eigenvalue weighted by Gasteiger charge is -2.47. The molecule has 0 radical (unpaired) electrons. The van der Waals surface area contributed by atoms with E-state index in [-0.39, 0.29) is 42.0 Å². The second-order valence-corrected chi connectivity index (χ2v) is 9.83. The van der Waals surface area contributed by atoms with E-state index in [1.807, 2.05) is 50.4 Å². The Hall–Kier alpha value is -2.74. The number of anilines is 1. The molecule has 1 saturated carbocycles. The van der Waals surface area contributed by atoms with Crippen LogP contribution in [-0.4, -0.2) is 41.3 Å². The standard InChI is InChI=1S/C23H27N3O4S/c1-22(2)15-9-11-23(22,3)20(29)26(19(15)28)12-10-18(27)25-21-24-16(13-31-21)14-7-5-6-8-17(14)30-4/h5-8,13,15H,9-12H2,1-4H3,(H,24,25,27). The first-order valence-corrected chi connectivity index (χ1v) is 11.3. The molecular weight excluding hydrogens is 414 g/mol. The number of carbonyl (C=O) groups is 3. The van der Waals surface area contributed by atoms with Crippen LogP contribution in [0.3, 0.4) is 0 Å². The van der Waals surface area contributed by atoms with Gasteiger partial charge >= 0.3 is 0 Å². The summed E-state index contributed by atoms with van der Waals surface area (Å²) < 4.78 is 5.37. The third kappa shape index (κ3) is 3.43. The number of imide groups is 1. The zero-order chi connectivity index (χ0) is 22.4. The summed E-state index contributed by atoms with van der Waals surface area (Å²) in [5, 5.41) is 5.10. The van der Waals surface area contributed by atoms with Gasteiger partial charge in [-0.25, -0.2) is 4.98 Å². The average Bonchev–Trinajstić information content (AvgIpc) is 3.27. The van der Waals surface area contributed by atoms with Crippen LogP contribution in [0.15, 0.2) is 29.6 Å². The number of rotatable bonds is 6. The van der Waals surface area contributed by atoms with E-state index in [1.165, 1.54) is 16.2 Å². The molecule has 0 spiro atoms. The van der Waals surface area contributed by atoms with Crippen molar-refractivity contribution in [1.29, 1.82) is 0 Å². The van der Waals surface area contributed by atoms with E-state index in [4.69, 9.17) is 4.74 Å². The van der Waals surface area contributed by atoms with Gasteiger partial charge in [0.15, 0.2) is 5.13 Å². The number of amides is 3. The van der Waals surface area contributed by atoms with Crippen molar-refractivity contribution in [3.8, 4) is 17.0 Å². The molecule has 2 aromatic rings. The van der Waals surface area contributed by atoms with E-state index in [2.05, 4.69) is 10.3 Å². The van der Waals surface area contributed by atoms with Crippen LogP contribution in [0.2, 0.25) is 0 Å². The van der Waals surface area contributed by atoms with Crippen LogP contribution >= 0.6 is 11.3 Å². The summed E-state index contributed by atoms with van der Waals surface area (Å²) in [5.41, 5.74) is 0.653. The lowest BCUT2D eigenvalue weighted by Crippen LogP contribution is -2.59. The lowest BCUT2D eigenvalue weighted by atomic mass is 9.62. The minimum Gasteiger partial charge on any atom is -0.496 e. The number of para-hydroxylation sites is 1. The highest BCUT2D eigenvalue weighted by Gasteiger charge is 2.64. The van der Waals surface area contributed by atoms with Gasteiger partial charge in [-0.05, 0) is 30.4 Å². The molecule has 8 heteroatoms. The van der Waals surface area contributed by atoms with Crippen LogP contribution in [0.25, 0.3) is 11.3 Å². The van der Waals surface area contributed by atoms with Gasteiger partial charge in [-0.2, -0.15) is 0 Å². The van der Waals surface area contributed by atoms with Crippen LogP contribution in [0.1, 0.15) is 40.0 Å². The van der Waals surface area contributed by atoms with Crippen LogP contribution in [0, 0.1) is 16.7 Å². The molecule has 2 unspecified atom stereocenters. The van der Waals surface area contributed by atoms with Crippen molar-refractivity contribution in [3.05, 3.63) is 29.6 Å². The van der Waals surface area contributed by atoms with Crippen LogP contribution in [0.4, 0.5) is 5.13 Å². The van der Waals surface area contributed by atoms with E-state index in [9.17, 15) is 14.4 Å². The van der Waals surface area contributed by atoms with Crippen molar-refractivity contribution in [3.63, 3.8) is 0 Å². The Morgan fingerprint density at radius 3 is 2.77 bits per heavy atom. The fourth-order valence-corrected chi connectivity index (χ4v) is 5.55. The molecule has 2 fully saturated rings.